The molecule has 1 atom stereocenters. The van der Waals surface area contributed by atoms with Gasteiger partial charge in [-0.25, -0.2) is 0 Å². The molecule has 31 heavy (non-hydrogen) atoms. The number of rotatable bonds is 4. The Balaban J connectivity index is 2.01. The molecule has 0 spiro atoms. The lowest BCUT2D eigenvalue weighted by Crippen LogP contribution is -2.29. The number of hydrogen-bond acceptors (Lipinski definition) is 5. The third-order valence-corrected chi connectivity index (χ3v) is 6.58. The molecule has 6 heteroatoms. The van der Waals surface area contributed by atoms with Crippen molar-refractivity contribution in [3.8, 4) is 5.75 Å². The highest BCUT2D eigenvalue weighted by Gasteiger charge is 2.48. The third kappa shape index (κ3) is 3.43. The average molecular weight is 434 g/mol. The Labute approximate surface area is 185 Å². The molecule has 1 saturated heterocycles. The van der Waals surface area contributed by atoms with Gasteiger partial charge in [0.2, 0.25) is 0 Å². The molecule has 1 unspecified atom stereocenters. The molecule has 0 saturated carbocycles. The van der Waals surface area contributed by atoms with Gasteiger partial charge in [-0.1, -0.05) is 24.3 Å². The van der Waals surface area contributed by atoms with Crippen LogP contribution in [0.5, 0.6) is 5.75 Å². The van der Waals surface area contributed by atoms with Crippen LogP contribution in [-0.4, -0.2) is 23.9 Å². The first-order valence-corrected chi connectivity index (χ1v) is 10.8. The number of aliphatic hydroxyl groups excluding tert-OH is 1. The molecule has 1 fully saturated rings. The number of ether oxygens (including phenoxy) is 1. The summed E-state index contributed by atoms with van der Waals surface area (Å²) in [6.45, 7) is 5.73. The Bertz CT molecular complexity index is 1210. The lowest BCUT2D eigenvalue weighted by molar-refractivity contribution is -0.132. The second-order valence-electron chi connectivity index (χ2n) is 7.64. The number of aryl methyl sites for hydroxylation is 3. The van der Waals surface area contributed by atoms with Crippen LogP contribution in [0.25, 0.3) is 5.76 Å². The molecule has 0 bridgehead atoms. The topological polar surface area (TPSA) is 66.8 Å². The molecule has 1 amide bonds. The normalized spacial score (nSPS) is 17.9. The van der Waals surface area contributed by atoms with Crippen LogP contribution in [0.4, 0.5) is 5.69 Å². The number of thiophene rings is 1. The third-order valence-electron chi connectivity index (χ3n) is 5.51. The smallest absolute Gasteiger partial charge is 0.300 e. The molecule has 5 nitrogen and oxygen atoms in total. The molecule has 2 heterocycles. The fraction of sp³-hybridized carbons (Fsp3) is 0.200. The summed E-state index contributed by atoms with van der Waals surface area (Å²) < 4.78 is 5.53. The summed E-state index contributed by atoms with van der Waals surface area (Å²) in [5.41, 5.74) is 3.80. The van der Waals surface area contributed by atoms with Gasteiger partial charge in [0.25, 0.3) is 11.7 Å². The molecule has 1 aliphatic rings. The second kappa shape index (κ2) is 8.04. The Kier molecular flexibility index (Phi) is 5.41. The van der Waals surface area contributed by atoms with Crippen molar-refractivity contribution >= 4 is 34.5 Å². The zero-order valence-corrected chi connectivity index (χ0v) is 18.6. The number of amides is 1. The number of methoxy groups -OCH3 is 1. The summed E-state index contributed by atoms with van der Waals surface area (Å²) in [6.07, 6.45) is 0. The predicted molar refractivity (Wildman–Crippen MR) is 123 cm³/mol. The summed E-state index contributed by atoms with van der Waals surface area (Å²) in [6, 6.07) is 14.0. The number of carbonyl (C=O) groups is 2. The van der Waals surface area contributed by atoms with Gasteiger partial charge in [0, 0.05) is 10.6 Å². The standard InChI is InChI=1S/C25H23NO4S/c1-14-12-16(3)23(30-4)18(13-14)21(27)19-20(24-15(2)10-11-31-24)26(25(29)22(19)28)17-8-6-5-7-9-17/h5-13,20,27H,1-4H3/b21-19+. The number of ketones is 1. The van der Waals surface area contributed by atoms with Crippen LogP contribution in [0.15, 0.2) is 59.5 Å². The van der Waals surface area contributed by atoms with Gasteiger partial charge in [-0.3, -0.25) is 14.5 Å². The molecule has 3 aromatic rings. The fourth-order valence-electron chi connectivity index (χ4n) is 4.15. The van der Waals surface area contributed by atoms with Gasteiger partial charge < -0.3 is 9.84 Å². The van der Waals surface area contributed by atoms with Gasteiger partial charge in [0.05, 0.1) is 18.2 Å². The van der Waals surface area contributed by atoms with Gasteiger partial charge >= 0.3 is 0 Å². The highest BCUT2D eigenvalue weighted by molar-refractivity contribution is 7.10. The molecule has 1 aliphatic heterocycles. The Hall–Kier alpha value is -3.38. The molecule has 158 valence electrons. The molecule has 2 aromatic carbocycles. The second-order valence-corrected chi connectivity index (χ2v) is 8.58. The molecular formula is C25H23NO4S. The summed E-state index contributed by atoms with van der Waals surface area (Å²) in [5, 5.41) is 13.3. The van der Waals surface area contributed by atoms with Crippen LogP contribution in [-0.2, 0) is 9.59 Å². The van der Waals surface area contributed by atoms with E-state index in [9.17, 15) is 14.7 Å². The monoisotopic (exact) mass is 433 g/mol. The number of para-hydroxylation sites is 1. The minimum atomic E-state index is -0.715. The van der Waals surface area contributed by atoms with E-state index in [-0.39, 0.29) is 11.3 Å². The zero-order chi connectivity index (χ0) is 22.3. The van der Waals surface area contributed by atoms with Crippen molar-refractivity contribution in [2.75, 3.05) is 12.0 Å². The maximum atomic E-state index is 13.2. The van der Waals surface area contributed by atoms with E-state index in [0.717, 1.165) is 21.6 Å². The minimum Gasteiger partial charge on any atom is -0.507 e. The first kappa shape index (κ1) is 20.9. The van der Waals surface area contributed by atoms with Crippen molar-refractivity contribution in [1.29, 1.82) is 0 Å². The predicted octanol–water partition coefficient (Wildman–Crippen LogP) is 5.31. The van der Waals surface area contributed by atoms with Crippen LogP contribution in [0.3, 0.4) is 0 Å². The van der Waals surface area contributed by atoms with Gasteiger partial charge in [0.15, 0.2) is 0 Å². The highest BCUT2D eigenvalue weighted by Crippen LogP contribution is 2.45. The van der Waals surface area contributed by atoms with Gasteiger partial charge in [-0.15, -0.1) is 11.3 Å². The van der Waals surface area contributed by atoms with E-state index in [0.29, 0.717) is 17.0 Å². The summed E-state index contributed by atoms with van der Waals surface area (Å²) in [5.74, 6) is -1.11. The highest BCUT2D eigenvalue weighted by atomic mass is 32.1. The summed E-state index contributed by atoms with van der Waals surface area (Å²) >= 11 is 1.46. The lowest BCUT2D eigenvalue weighted by atomic mass is 9.95. The first-order valence-electron chi connectivity index (χ1n) is 9.90. The maximum absolute atomic E-state index is 13.2. The SMILES string of the molecule is COc1c(C)cc(C)cc1/C(O)=C1\C(=O)C(=O)N(c2ccccc2)C1c1sccc1C. The van der Waals surface area contributed by atoms with E-state index >= 15 is 0 Å². The van der Waals surface area contributed by atoms with Crippen molar-refractivity contribution in [2.24, 2.45) is 0 Å². The van der Waals surface area contributed by atoms with E-state index in [1.807, 2.05) is 56.5 Å². The fourth-order valence-corrected chi connectivity index (χ4v) is 5.17. The van der Waals surface area contributed by atoms with Crippen LogP contribution < -0.4 is 9.64 Å². The average Bonchev–Trinajstić information content (AvgIpc) is 3.28. The number of carbonyl (C=O) groups excluding carboxylic acids is 2. The van der Waals surface area contributed by atoms with Gasteiger partial charge in [-0.05, 0) is 67.1 Å². The number of benzene rings is 2. The molecule has 1 N–H and O–H groups in total. The van der Waals surface area contributed by atoms with E-state index in [2.05, 4.69) is 0 Å². The van der Waals surface area contributed by atoms with Crippen LogP contribution >= 0.6 is 11.3 Å². The van der Waals surface area contributed by atoms with Crippen LogP contribution in [0, 0.1) is 20.8 Å². The molecule has 4 rings (SSSR count). The number of Topliss-reactive ketones (excluding diaryl/α,β-unsaturated/α-hetero) is 1. The number of anilines is 1. The Morgan fingerprint density at radius 1 is 1.03 bits per heavy atom. The quantitative estimate of drug-likeness (QED) is 0.344. The lowest BCUT2D eigenvalue weighted by Gasteiger charge is -2.25. The molecule has 0 radical (unpaired) electrons. The summed E-state index contributed by atoms with van der Waals surface area (Å²) in [4.78, 5) is 28.7. The Morgan fingerprint density at radius 3 is 2.35 bits per heavy atom. The van der Waals surface area contributed by atoms with Gasteiger partial charge in [0.1, 0.15) is 17.6 Å². The van der Waals surface area contributed by atoms with Crippen molar-refractivity contribution in [1.82, 2.24) is 0 Å². The van der Waals surface area contributed by atoms with Crippen molar-refractivity contribution in [3.05, 3.63) is 86.6 Å². The van der Waals surface area contributed by atoms with Crippen LogP contribution in [0.2, 0.25) is 0 Å². The molecule has 0 aliphatic carbocycles. The largest absolute Gasteiger partial charge is 0.507 e. The molecule has 1 aromatic heterocycles. The maximum Gasteiger partial charge on any atom is 0.300 e. The first-order chi connectivity index (χ1) is 14.8. The van der Waals surface area contributed by atoms with Gasteiger partial charge in [-0.2, -0.15) is 0 Å². The number of aliphatic hydroxyl groups is 1. The van der Waals surface area contributed by atoms with E-state index < -0.39 is 17.7 Å². The summed E-state index contributed by atoms with van der Waals surface area (Å²) in [7, 11) is 1.53. The van der Waals surface area contributed by atoms with Crippen molar-refractivity contribution in [2.45, 2.75) is 26.8 Å². The van der Waals surface area contributed by atoms with Crippen LogP contribution in [0.1, 0.15) is 33.2 Å². The zero-order valence-electron chi connectivity index (χ0n) is 17.8. The molecular weight excluding hydrogens is 410 g/mol. The number of nitrogens with zero attached hydrogens (tertiary/aromatic N) is 1. The van der Waals surface area contributed by atoms with Crippen molar-refractivity contribution in [3.63, 3.8) is 0 Å². The van der Waals surface area contributed by atoms with E-state index in [4.69, 9.17) is 4.74 Å². The number of hydrogen-bond donors (Lipinski definition) is 1. The Morgan fingerprint density at radius 2 is 1.74 bits per heavy atom. The van der Waals surface area contributed by atoms with E-state index in [1.54, 1.807) is 18.2 Å². The van der Waals surface area contributed by atoms with E-state index in [1.165, 1.54) is 23.3 Å². The minimum absolute atomic E-state index is 0.0719. The van der Waals surface area contributed by atoms with Crippen molar-refractivity contribution < 1.29 is 19.4 Å².